The first kappa shape index (κ1) is 23.3. The van der Waals surface area contributed by atoms with Crippen molar-refractivity contribution in [3.8, 4) is 0 Å². The second-order valence-electron chi connectivity index (χ2n) is 7.86. The van der Waals surface area contributed by atoms with E-state index in [9.17, 15) is 9.59 Å². The van der Waals surface area contributed by atoms with Crippen LogP contribution in [0.25, 0.3) is 10.8 Å². The Labute approximate surface area is 195 Å². The van der Waals surface area contributed by atoms with Crippen molar-refractivity contribution in [2.75, 3.05) is 10.8 Å². The van der Waals surface area contributed by atoms with E-state index in [0.29, 0.717) is 21.0 Å². The normalized spacial score (nSPS) is 11.4. The van der Waals surface area contributed by atoms with Crippen LogP contribution in [-0.2, 0) is 9.53 Å². The van der Waals surface area contributed by atoms with Gasteiger partial charge >= 0.3 is 5.97 Å². The Bertz CT molecular complexity index is 1130. The number of primary amides is 1. The van der Waals surface area contributed by atoms with Gasteiger partial charge in [0.1, 0.15) is 12.1 Å². The molecule has 0 fully saturated rings. The number of fused-ring (bicyclic) bond motifs is 1. The van der Waals surface area contributed by atoms with Gasteiger partial charge in [-0.25, -0.2) is 0 Å². The lowest BCUT2D eigenvalue weighted by molar-refractivity contribution is -0.152. The Hall–Kier alpha value is -2.41. The van der Waals surface area contributed by atoms with Crippen LogP contribution in [0.3, 0.4) is 0 Å². The van der Waals surface area contributed by atoms with Gasteiger partial charge in [0.05, 0.1) is 5.69 Å². The average Bonchev–Trinajstić information content (AvgIpc) is 2.64. The molecule has 0 aliphatic rings. The Kier molecular flexibility index (Phi) is 7.04. The summed E-state index contributed by atoms with van der Waals surface area (Å²) in [6.07, 6.45) is 0. The molecule has 0 unspecified atom stereocenters. The zero-order chi connectivity index (χ0) is 22.8. The number of rotatable bonds is 6. The molecule has 0 atom stereocenters. The van der Waals surface area contributed by atoms with E-state index in [2.05, 4.69) is 0 Å². The molecule has 31 heavy (non-hydrogen) atoms. The number of hydrogen-bond donors (Lipinski definition) is 1. The third kappa shape index (κ3) is 6.06. The van der Waals surface area contributed by atoms with E-state index >= 15 is 0 Å². The zero-order valence-electron chi connectivity index (χ0n) is 17.3. The first-order chi connectivity index (χ1) is 14.5. The molecule has 3 aromatic rings. The van der Waals surface area contributed by atoms with Crippen molar-refractivity contribution in [2.24, 2.45) is 5.73 Å². The maximum Gasteiger partial charge on any atom is 0.327 e. The predicted molar refractivity (Wildman–Crippen MR) is 128 cm³/mol. The molecule has 0 saturated heterocycles. The zero-order valence-corrected chi connectivity index (χ0v) is 19.6. The summed E-state index contributed by atoms with van der Waals surface area (Å²) in [5, 5.41) is 2.46. The minimum Gasteiger partial charge on any atom is -0.459 e. The molecule has 5 nitrogen and oxygen atoms in total. The summed E-state index contributed by atoms with van der Waals surface area (Å²) in [6, 6.07) is 16.0. The molecule has 0 aromatic heterocycles. The molecule has 0 radical (unpaired) electrons. The van der Waals surface area contributed by atoms with Crippen molar-refractivity contribution < 1.29 is 14.3 Å². The van der Waals surface area contributed by atoms with Crippen LogP contribution >= 0.6 is 35.1 Å². The molecular weight excluding hydrogens is 455 g/mol. The van der Waals surface area contributed by atoms with E-state index in [0.717, 1.165) is 16.0 Å². The van der Waals surface area contributed by atoms with Crippen molar-refractivity contribution in [1.29, 1.82) is 0 Å². The lowest BCUT2D eigenvalue weighted by Crippen LogP contribution is -2.31. The fourth-order valence-electron chi connectivity index (χ4n) is 3.09. The summed E-state index contributed by atoms with van der Waals surface area (Å²) in [4.78, 5) is 25.3. The van der Waals surface area contributed by atoms with Gasteiger partial charge in [0, 0.05) is 25.9 Å². The van der Waals surface area contributed by atoms with Crippen LogP contribution in [0.5, 0.6) is 0 Å². The number of nitrogens with zero attached hydrogens (tertiary/aromatic N) is 1. The molecule has 0 aliphatic heterocycles. The molecule has 3 aromatic carbocycles. The standard InChI is InChI=1S/C23H22Cl2N2O3S/c1-23(2,3)30-21(28)13-27(31-16-11-14(24)10-15(25)12-16)20-9-5-6-17-18(20)7-4-8-19(17)22(26)29/h4-12H,13H2,1-3H3,(H2,26,29). The molecular formula is C23H22Cl2N2O3S. The minimum atomic E-state index is -0.620. The van der Waals surface area contributed by atoms with Crippen molar-refractivity contribution in [3.05, 3.63) is 70.2 Å². The van der Waals surface area contributed by atoms with E-state index in [1.54, 1.807) is 34.6 Å². The van der Waals surface area contributed by atoms with Crippen molar-refractivity contribution in [1.82, 2.24) is 0 Å². The molecule has 2 N–H and O–H groups in total. The number of anilines is 1. The van der Waals surface area contributed by atoms with Gasteiger partial charge in [0.2, 0.25) is 5.91 Å². The van der Waals surface area contributed by atoms with Crippen molar-refractivity contribution >= 4 is 63.5 Å². The lowest BCUT2D eigenvalue weighted by Gasteiger charge is -2.27. The number of carbonyl (C=O) groups is 2. The molecule has 0 aliphatic carbocycles. The van der Waals surface area contributed by atoms with Crippen LogP contribution in [0.4, 0.5) is 5.69 Å². The predicted octanol–water partition coefficient (Wildman–Crippen LogP) is 6.10. The molecule has 8 heteroatoms. The van der Waals surface area contributed by atoms with Gasteiger partial charge in [-0.3, -0.25) is 9.59 Å². The van der Waals surface area contributed by atoms with Gasteiger partial charge < -0.3 is 14.8 Å². The monoisotopic (exact) mass is 476 g/mol. The number of carbonyl (C=O) groups excluding carboxylic acids is 2. The topological polar surface area (TPSA) is 72.6 Å². The van der Waals surface area contributed by atoms with Crippen LogP contribution < -0.4 is 10.0 Å². The summed E-state index contributed by atoms with van der Waals surface area (Å²) in [5.74, 6) is -0.910. The Morgan fingerprint density at radius 2 is 1.61 bits per heavy atom. The van der Waals surface area contributed by atoms with Gasteiger partial charge in [-0.15, -0.1) is 0 Å². The van der Waals surface area contributed by atoms with Crippen LogP contribution in [-0.4, -0.2) is 24.0 Å². The van der Waals surface area contributed by atoms with Gasteiger partial charge in [-0.2, -0.15) is 0 Å². The molecule has 3 rings (SSSR count). The maximum absolute atomic E-state index is 12.7. The maximum atomic E-state index is 12.7. The first-order valence-corrected chi connectivity index (χ1v) is 11.0. The van der Waals surface area contributed by atoms with E-state index in [1.807, 2.05) is 45.0 Å². The number of benzene rings is 3. The minimum absolute atomic E-state index is 0.0357. The summed E-state index contributed by atoms with van der Waals surface area (Å²) < 4.78 is 7.32. The van der Waals surface area contributed by atoms with Crippen LogP contribution in [0.2, 0.25) is 10.0 Å². The number of esters is 1. The molecule has 0 spiro atoms. The van der Waals surface area contributed by atoms with Crippen LogP contribution in [0.1, 0.15) is 31.1 Å². The Morgan fingerprint density at radius 1 is 1.00 bits per heavy atom. The number of halogens is 2. The van der Waals surface area contributed by atoms with E-state index in [4.69, 9.17) is 33.7 Å². The second kappa shape index (κ2) is 9.39. The van der Waals surface area contributed by atoms with E-state index in [-0.39, 0.29) is 6.54 Å². The number of ether oxygens (including phenoxy) is 1. The third-order valence-electron chi connectivity index (χ3n) is 4.18. The highest BCUT2D eigenvalue weighted by molar-refractivity contribution is 8.00. The van der Waals surface area contributed by atoms with Crippen LogP contribution in [0.15, 0.2) is 59.5 Å². The van der Waals surface area contributed by atoms with Gasteiger partial charge in [0.25, 0.3) is 0 Å². The Morgan fingerprint density at radius 3 is 2.23 bits per heavy atom. The number of amides is 1. The molecule has 0 heterocycles. The summed E-state index contributed by atoms with van der Waals surface area (Å²) >= 11 is 13.6. The summed E-state index contributed by atoms with van der Waals surface area (Å²) in [7, 11) is 0. The van der Waals surface area contributed by atoms with Crippen molar-refractivity contribution in [2.45, 2.75) is 31.3 Å². The van der Waals surface area contributed by atoms with Crippen LogP contribution in [0, 0.1) is 0 Å². The summed E-state index contributed by atoms with van der Waals surface area (Å²) in [5.41, 5.74) is 6.07. The fourth-order valence-corrected chi connectivity index (χ4v) is 4.79. The number of nitrogens with two attached hydrogens (primary N) is 1. The SMILES string of the molecule is CC(C)(C)OC(=O)CN(Sc1cc(Cl)cc(Cl)c1)c1cccc2c(C(N)=O)cccc12. The van der Waals surface area contributed by atoms with Gasteiger partial charge in [0.15, 0.2) is 0 Å². The Balaban J connectivity index is 2.08. The first-order valence-electron chi connectivity index (χ1n) is 9.48. The van der Waals surface area contributed by atoms with E-state index in [1.165, 1.54) is 11.9 Å². The van der Waals surface area contributed by atoms with Crippen molar-refractivity contribution in [3.63, 3.8) is 0 Å². The number of hydrogen-bond acceptors (Lipinski definition) is 5. The summed E-state index contributed by atoms with van der Waals surface area (Å²) in [6.45, 7) is 5.41. The third-order valence-corrected chi connectivity index (χ3v) is 5.61. The quantitative estimate of drug-likeness (QED) is 0.343. The molecule has 0 bridgehead atoms. The highest BCUT2D eigenvalue weighted by Gasteiger charge is 2.22. The highest BCUT2D eigenvalue weighted by atomic mass is 35.5. The van der Waals surface area contributed by atoms with Gasteiger partial charge in [-0.05, 0) is 68.4 Å². The van der Waals surface area contributed by atoms with E-state index < -0.39 is 17.5 Å². The highest BCUT2D eigenvalue weighted by Crippen LogP contribution is 2.37. The van der Waals surface area contributed by atoms with Gasteiger partial charge in [-0.1, -0.05) is 47.5 Å². The molecule has 0 saturated carbocycles. The largest absolute Gasteiger partial charge is 0.459 e. The lowest BCUT2D eigenvalue weighted by atomic mass is 10.0. The molecule has 1 amide bonds. The second-order valence-corrected chi connectivity index (χ2v) is 9.83. The average molecular weight is 477 g/mol. The fraction of sp³-hybridized carbons (Fsp3) is 0.217. The smallest absolute Gasteiger partial charge is 0.327 e. The molecule has 162 valence electrons.